The summed E-state index contributed by atoms with van der Waals surface area (Å²) < 4.78 is 45.9. The average Bonchev–Trinajstić information content (AvgIpc) is 2.68. The maximum absolute atomic E-state index is 13.1. The highest BCUT2D eigenvalue weighted by molar-refractivity contribution is 7.92. The molecule has 1 aromatic heterocycles. The lowest BCUT2D eigenvalue weighted by atomic mass is 10.1. The molecule has 30 heavy (non-hydrogen) atoms. The molecule has 3 rings (SSSR count). The van der Waals surface area contributed by atoms with Crippen LogP contribution in [0.1, 0.15) is 17.3 Å². The summed E-state index contributed by atoms with van der Waals surface area (Å²) >= 11 is 0. The Balaban J connectivity index is 2.01. The highest BCUT2D eigenvalue weighted by Crippen LogP contribution is 2.22. The van der Waals surface area contributed by atoms with Crippen LogP contribution in [0.5, 0.6) is 0 Å². The number of methoxy groups -OCH3 is 1. The topological polar surface area (TPSA) is 117 Å². The first-order valence-electron chi connectivity index (χ1n) is 8.95. The van der Waals surface area contributed by atoms with E-state index in [1.807, 2.05) is 0 Å². The molecule has 0 aliphatic heterocycles. The number of amides is 1. The lowest BCUT2D eigenvalue weighted by molar-refractivity contribution is 0.0907. The van der Waals surface area contributed by atoms with Gasteiger partial charge in [0.25, 0.3) is 15.9 Å². The Bertz CT molecular complexity index is 1240. The largest absolute Gasteiger partial charge is 0.383 e. The van der Waals surface area contributed by atoms with Gasteiger partial charge in [0.2, 0.25) is 5.56 Å². The summed E-state index contributed by atoms with van der Waals surface area (Å²) in [6.45, 7) is 2.01. The number of H-pyrrole nitrogens is 1. The van der Waals surface area contributed by atoms with Gasteiger partial charge in [-0.3, -0.25) is 14.3 Å². The van der Waals surface area contributed by atoms with Crippen molar-refractivity contribution in [2.75, 3.05) is 18.4 Å². The van der Waals surface area contributed by atoms with Crippen molar-refractivity contribution in [3.63, 3.8) is 0 Å². The second kappa shape index (κ2) is 8.64. The monoisotopic (exact) mass is 433 g/mol. The molecule has 3 N–H and O–H groups in total. The number of ether oxygens (including phenoxy) is 1. The lowest BCUT2D eigenvalue weighted by Gasteiger charge is -2.14. The summed E-state index contributed by atoms with van der Waals surface area (Å²) in [4.78, 5) is 27.1. The number of rotatable bonds is 7. The van der Waals surface area contributed by atoms with E-state index in [1.54, 1.807) is 6.92 Å². The van der Waals surface area contributed by atoms with Gasteiger partial charge in [-0.15, -0.1) is 0 Å². The van der Waals surface area contributed by atoms with Gasteiger partial charge in [0, 0.05) is 35.8 Å². The minimum absolute atomic E-state index is 0.0375. The second-order valence-electron chi connectivity index (χ2n) is 6.70. The molecular weight excluding hydrogens is 413 g/mol. The number of carbonyl (C=O) groups excluding carboxylic acids is 1. The van der Waals surface area contributed by atoms with E-state index in [4.69, 9.17) is 4.74 Å². The van der Waals surface area contributed by atoms with Gasteiger partial charge in [-0.25, -0.2) is 12.8 Å². The van der Waals surface area contributed by atoms with E-state index in [9.17, 15) is 22.4 Å². The van der Waals surface area contributed by atoms with Crippen LogP contribution in [0.25, 0.3) is 10.9 Å². The molecule has 0 aliphatic rings. The number of benzene rings is 2. The van der Waals surface area contributed by atoms with E-state index in [0.29, 0.717) is 5.52 Å². The first-order chi connectivity index (χ1) is 14.2. The Morgan fingerprint density at radius 3 is 2.53 bits per heavy atom. The van der Waals surface area contributed by atoms with Crippen LogP contribution in [0.3, 0.4) is 0 Å². The van der Waals surface area contributed by atoms with Crippen LogP contribution in [-0.4, -0.2) is 39.1 Å². The maximum Gasteiger partial charge on any atom is 0.261 e. The van der Waals surface area contributed by atoms with Crippen molar-refractivity contribution < 1.29 is 22.3 Å². The van der Waals surface area contributed by atoms with Crippen LogP contribution in [0, 0.1) is 5.82 Å². The standard InChI is InChI=1S/C20H20FN3O5S/c1-12(11-29-2)22-20(26)17-10-19(25)23-18-8-7-15(9-16(17)18)30(27,28)24-14-5-3-13(21)4-6-14/h3-10,12,24H,11H2,1-2H3,(H,22,26)(H,23,25)/t12-/m0/s1. The number of nitrogens with one attached hydrogen (secondary N) is 3. The number of fused-ring (bicyclic) bond motifs is 1. The zero-order valence-electron chi connectivity index (χ0n) is 16.2. The third-order valence-electron chi connectivity index (χ3n) is 4.26. The number of hydrogen-bond donors (Lipinski definition) is 3. The number of aromatic amines is 1. The van der Waals surface area contributed by atoms with Crippen LogP contribution < -0.4 is 15.6 Å². The van der Waals surface area contributed by atoms with Crippen molar-refractivity contribution in [2.45, 2.75) is 17.9 Å². The van der Waals surface area contributed by atoms with E-state index in [-0.39, 0.29) is 34.2 Å². The van der Waals surface area contributed by atoms with Gasteiger partial charge >= 0.3 is 0 Å². The van der Waals surface area contributed by atoms with Crippen molar-refractivity contribution in [3.05, 3.63) is 70.3 Å². The molecule has 0 aliphatic carbocycles. The fourth-order valence-corrected chi connectivity index (χ4v) is 4.00. The summed E-state index contributed by atoms with van der Waals surface area (Å²) in [6, 6.07) is 9.66. The summed E-state index contributed by atoms with van der Waals surface area (Å²) in [6.07, 6.45) is 0. The number of carbonyl (C=O) groups is 1. The van der Waals surface area contributed by atoms with Crippen LogP contribution in [0.15, 0.2) is 58.2 Å². The van der Waals surface area contributed by atoms with Crippen molar-refractivity contribution >= 4 is 32.5 Å². The number of halogens is 1. The van der Waals surface area contributed by atoms with Crippen LogP contribution in [0.4, 0.5) is 10.1 Å². The Hall–Kier alpha value is -3.24. The van der Waals surface area contributed by atoms with Gasteiger partial charge < -0.3 is 15.0 Å². The fourth-order valence-electron chi connectivity index (χ4n) is 2.91. The van der Waals surface area contributed by atoms with Crippen molar-refractivity contribution in [2.24, 2.45) is 0 Å². The van der Waals surface area contributed by atoms with Crippen LogP contribution in [0.2, 0.25) is 0 Å². The van der Waals surface area contributed by atoms with Crippen LogP contribution in [-0.2, 0) is 14.8 Å². The van der Waals surface area contributed by atoms with Crippen LogP contribution >= 0.6 is 0 Å². The molecule has 10 heteroatoms. The second-order valence-corrected chi connectivity index (χ2v) is 8.38. The highest BCUT2D eigenvalue weighted by Gasteiger charge is 2.19. The van der Waals surface area contributed by atoms with E-state index in [2.05, 4.69) is 15.0 Å². The predicted octanol–water partition coefficient (Wildman–Crippen LogP) is 2.23. The zero-order valence-corrected chi connectivity index (χ0v) is 17.0. The smallest absolute Gasteiger partial charge is 0.261 e. The molecule has 8 nitrogen and oxygen atoms in total. The zero-order chi connectivity index (χ0) is 21.9. The lowest BCUT2D eigenvalue weighted by Crippen LogP contribution is -2.36. The molecule has 0 spiro atoms. The molecule has 1 amide bonds. The predicted molar refractivity (Wildman–Crippen MR) is 111 cm³/mol. The number of anilines is 1. The molecule has 1 heterocycles. The molecule has 0 unspecified atom stereocenters. The third-order valence-corrected chi connectivity index (χ3v) is 5.64. The molecule has 3 aromatic rings. The van der Waals surface area contributed by atoms with Gasteiger partial charge in [0.05, 0.1) is 17.1 Å². The third kappa shape index (κ3) is 4.84. The van der Waals surface area contributed by atoms with Gasteiger partial charge in [-0.2, -0.15) is 0 Å². The molecular formula is C20H20FN3O5S. The van der Waals surface area contributed by atoms with Gasteiger partial charge in [-0.05, 0) is 49.4 Å². The number of sulfonamides is 1. The fraction of sp³-hybridized carbons (Fsp3) is 0.200. The molecule has 0 saturated heterocycles. The number of hydrogen-bond acceptors (Lipinski definition) is 5. The van der Waals surface area contributed by atoms with Crippen molar-refractivity contribution in [1.29, 1.82) is 0 Å². The first-order valence-corrected chi connectivity index (χ1v) is 10.4. The number of aromatic nitrogens is 1. The van der Waals surface area contributed by atoms with E-state index >= 15 is 0 Å². The maximum atomic E-state index is 13.1. The summed E-state index contributed by atoms with van der Waals surface area (Å²) in [7, 11) is -2.52. The minimum atomic E-state index is -4.02. The minimum Gasteiger partial charge on any atom is -0.383 e. The van der Waals surface area contributed by atoms with E-state index in [1.165, 1.54) is 37.4 Å². The summed E-state index contributed by atoms with van der Waals surface area (Å²) in [5, 5.41) is 2.97. The average molecular weight is 433 g/mol. The molecule has 0 fully saturated rings. The Morgan fingerprint density at radius 2 is 1.87 bits per heavy atom. The molecule has 0 bridgehead atoms. The van der Waals surface area contributed by atoms with Gasteiger partial charge in [0.15, 0.2) is 0 Å². The van der Waals surface area contributed by atoms with Crippen molar-refractivity contribution in [3.8, 4) is 0 Å². The summed E-state index contributed by atoms with van der Waals surface area (Å²) in [5.74, 6) is -1.03. The number of pyridine rings is 1. The SMILES string of the molecule is COC[C@H](C)NC(=O)c1cc(=O)[nH]c2ccc(S(=O)(=O)Nc3ccc(F)cc3)cc12. The quantitative estimate of drug-likeness (QED) is 0.528. The molecule has 2 aromatic carbocycles. The molecule has 0 saturated carbocycles. The Labute approximate surface area is 172 Å². The van der Waals surface area contributed by atoms with Crippen molar-refractivity contribution in [1.82, 2.24) is 10.3 Å². The van der Waals surface area contributed by atoms with E-state index in [0.717, 1.165) is 18.2 Å². The summed E-state index contributed by atoms with van der Waals surface area (Å²) in [5.41, 5.74) is 0.0414. The first kappa shape index (κ1) is 21.5. The normalized spacial score (nSPS) is 12.5. The molecule has 158 valence electrons. The van der Waals surface area contributed by atoms with E-state index < -0.39 is 27.3 Å². The molecule has 0 radical (unpaired) electrons. The highest BCUT2D eigenvalue weighted by atomic mass is 32.2. The Morgan fingerprint density at radius 1 is 1.17 bits per heavy atom. The van der Waals surface area contributed by atoms with Gasteiger partial charge in [0.1, 0.15) is 5.82 Å². The van der Waals surface area contributed by atoms with Gasteiger partial charge in [-0.1, -0.05) is 0 Å². The Kier molecular flexibility index (Phi) is 6.18. The molecule has 1 atom stereocenters.